The second-order valence-electron chi connectivity index (χ2n) is 6.80. The Morgan fingerprint density at radius 3 is 2.50 bits per heavy atom. The van der Waals surface area contributed by atoms with E-state index in [1.165, 1.54) is 17.0 Å². The summed E-state index contributed by atoms with van der Waals surface area (Å²) in [6, 6.07) is 13.4. The molecule has 0 atom stereocenters. The van der Waals surface area contributed by atoms with Gasteiger partial charge in [-0.15, -0.1) is 0 Å². The first kappa shape index (κ1) is 18.0. The summed E-state index contributed by atoms with van der Waals surface area (Å²) in [4.78, 5) is 27.8. The van der Waals surface area contributed by atoms with Crippen molar-refractivity contribution in [1.82, 2.24) is 9.88 Å². The van der Waals surface area contributed by atoms with E-state index >= 15 is 0 Å². The number of amides is 1. The maximum absolute atomic E-state index is 13.7. The summed E-state index contributed by atoms with van der Waals surface area (Å²) in [6.45, 7) is 0.771. The highest BCUT2D eigenvalue weighted by Gasteiger charge is 2.25. The van der Waals surface area contributed by atoms with Crippen LogP contribution in [-0.2, 0) is 0 Å². The van der Waals surface area contributed by atoms with Crippen LogP contribution in [0.2, 0.25) is 0 Å². The Balaban J connectivity index is 1.78. The number of H-pyrrole nitrogens is 1. The molecule has 2 N–H and O–H groups in total. The number of rotatable bonds is 3. The molecule has 0 bridgehead atoms. The highest BCUT2D eigenvalue weighted by atomic mass is 19.1. The second kappa shape index (κ2) is 7.34. The predicted molar refractivity (Wildman–Crippen MR) is 103 cm³/mol. The van der Waals surface area contributed by atoms with Gasteiger partial charge in [-0.1, -0.05) is 30.3 Å². The van der Waals surface area contributed by atoms with E-state index < -0.39 is 11.9 Å². The Bertz CT molecular complexity index is 1070. The minimum atomic E-state index is -0.937. The zero-order valence-corrected chi connectivity index (χ0v) is 15.0. The molecule has 7 heteroatoms. The largest absolute Gasteiger partial charge is 0.487 e. The van der Waals surface area contributed by atoms with Crippen LogP contribution in [0.3, 0.4) is 0 Å². The summed E-state index contributed by atoms with van der Waals surface area (Å²) in [7, 11) is 0. The molecular formula is C21H19FN2O4. The topological polar surface area (TPSA) is 82.6 Å². The minimum Gasteiger partial charge on any atom is -0.487 e. The molecule has 4 rings (SSSR count). The van der Waals surface area contributed by atoms with Gasteiger partial charge in [-0.3, -0.25) is 4.79 Å². The first-order chi connectivity index (χ1) is 13.5. The molecule has 1 amide bonds. The smallest absolute Gasteiger partial charge is 0.407 e. The van der Waals surface area contributed by atoms with Gasteiger partial charge in [0.05, 0.1) is 11.1 Å². The lowest BCUT2D eigenvalue weighted by atomic mass is 10.0. The number of aromatic nitrogens is 1. The fourth-order valence-electron chi connectivity index (χ4n) is 3.54. The van der Waals surface area contributed by atoms with Crippen LogP contribution in [0.25, 0.3) is 22.0 Å². The van der Waals surface area contributed by atoms with E-state index in [0.717, 1.165) is 5.56 Å². The van der Waals surface area contributed by atoms with Crippen LogP contribution in [0.4, 0.5) is 9.18 Å². The number of benzene rings is 2. The number of carboxylic acid groups (broad SMARTS) is 1. The maximum atomic E-state index is 13.7. The average molecular weight is 382 g/mol. The molecule has 0 radical (unpaired) electrons. The number of likely N-dealkylation sites (tertiary alicyclic amines) is 1. The Kier molecular flexibility index (Phi) is 4.73. The van der Waals surface area contributed by atoms with Gasteiger partial charge in [0.25, 0.3) is 5.56 Å². The van der Waals surface area contributed by atoms with Crippen LogP contribution in [-0.4, -0.2) is 40.3 Å². The molecule has 0 spiro atoms. The molecule has 6 nitrogen and oxygen atoms in total. The molecule has 1 aliphatic heterocycles. The van der Waals surface area contributed by atoms with Gasteiger partial charge < -0.3 is 19.7 Å². The zero-order chi connectivity index (χ0) is 19.7. The number of halogens is 1. The van der Waals surface area contributed by atoms with Crippen LogP contribution >= 0.6 is 0 Å². The Morgan fingerprint density at radius 2 is 1.82 bits per heavy atom. The number of hydrogen-bond acceptors (Lipinski definition) is 3. The van der Waals surface area contributed by atoms with Gasteiger partial charge in [-0.05, 0) is 18.2 Å². The van der Waals surface area contributed by atoms with Gasteiger partial charge in [-0.25, -0.2) is 9.18 Å². The fraction of sp³-hybridized carbons (Fsp3) is 0.238. The molecule has 0 saturated carbocycles. The standard InChI is InChI=1S/C21H19FN2O4/c22-14-6-7-16-17(12-14)20(25)23-18(13-4-2-1-3-5-13)19(16)28-15-8-10-24(11-9-15)21(26)27/h1-7,12,15H,8-11H2,(H,23,25)(H,26,27). The molecule has 1 aromatic heterocycles. The highest BCUT2D eigenvalue weighted by Crippen LogP contribution is 2.35. The van der Waals surface area contributed by atoms with E-state index in [9.17, 15) is 14.0 Å². The number of piperidine rings is 1. The molecule has 3 aromatic rings. The molecule has 1 saturated heterocycles. The van der Waals surface area contributed by atoms with Gasteiger partial charge in [0.1, 0.15) is 11.9 Å². The van der Waals surface area contributed by atoms with Crippen molar-refractivity contribution in [3.63, 3.8) is 0 Å². The van der Waals surface area contributed by atoms with Crippen LogP contribution in [0.1, 0.15) is 12.8 Å². The van der Waals surface area contributed by atoms with Gasteiger partial charge in [0, 0.05) is 36.9 Å². The Labute approximate surface area is 160 Å². The number of pyridine rings is 1. The van der Waals surface area contributed by atoms with Crippen molar-refractivity contribution in [2.75, 3.05) is 13.1 Å². The van der Waals surface area contributed by atoms with E-state index in [1.54, 1.807) is 6.07 Å². The van der Waals surface area contributed by atoms with Gasteiger partial charge in [-0.2, -0.15) is 0 Å². The Morgan fingerprint density at radius 1 is 1.11 bits per heavy atom. The van der Waals surface area contributed by atoms with Crippen molar-refractivity contribution >= 4 is 16.9 Å². The predicted octanol–water partition coefficient (Wildman–Crippen LogP) is 3.86. The van der Waals surface area contributed by atoms with Crippen molar-refractivity contribution in [3.8, 4) is 17.0 Å². The molecule has 2 heterocycles. The highest BCUT2D eigenvalue weighted by molar-refractivity contribution is 5.93. The number of aromatic amines is 1. The van der Waals surface area contributed by atoms with E-state index in [2.05, 4.69) is 4.98 Å². The number of hydrogen-bond donors (Lipinski definition) is 2. The second-order valence-corrected chi connectivity index (χ2v) is 6.80. The normalized spacial score (nSPS) is 15.0. The van der Waals surface area contributed by atoms with Crippen molar-refractivity contribution in [2.24, 2.45) is 0 Å². The number of nitrogens with one attached hydrogen (secondary N) is 1. The van der Waals surface area contributed by atoms with Crippen molar-refractivity contribution in [2.45, 2.75) is 18.9 Å². The van der Waals surface area contributed by atoms with E-state index in [0.29, 0.717) is 42.8 Å². The van der Waals surface area contributed by atoms with Gasteiger partial charge in [0.15, 0.2) is 5.75 Å². The number of ether oxygens (including phenoxy) is 1. The number of nitrogens with zero attached hydrogens (tertiary/aromatic N) is 1. The molecule has 2 aromatic carbocycles. The van der Waals surface area contributed by atoms with Crippen LogP contribution < -0.4 is 10.3 Å². The lowest BCUT2D eigenvalue weighted by molar-refractivity contribution is 0.0903. The van der Waals surface area contributed by atoms with Crippen LogP contribution in [0, 0.1) is 5.82 Å². The molecule has 0 aliphatic carbocycles. The molecule has 1 aliphatic rings. The maximum Gasteiger partial charge on any atom is 0.407 e. The summed E-state index contributed by atoms with van der Waals surface area (Å²) in [6.07, 6.45) is -0.0457. The first-order valence-corrected chi connectivity index (χ1v) is 9.08. The first-order valence-electron chi connectivity index (χ1n) is 9.08. The number of carbonyl (C=O) groups is 1. The van der Waals surface area contributed by atoms with Gasteiger partial charge >= 0.3 is 6.09 Å². The SMILES string of the molecule is O=C(O)N1CCC(Oc2c(-c3ccccc3)[nH]c(=O)c3cc(F)ccc23)CC1. The van der Waals surface area contributed by atoms with Crippen LogP contribution in [0.15, 0.2) is 53.3 Å². The molecule has 0 unspecified atom stereocenters. The fourth-order valence-corrected chi connectivity index (χ4v) is 3.54. The van der Waals surface area contributed by atoms with Crippen molar-refractivity contribution < 1.29 is 19.0 Å². The quantitative estimate of drug-likeness (QED) is 0.721. The van der Waals surface area contributed by atoms with Crippen molar-refractivity contribution in [3.05, 3.63) is 64.7 Å². The summed E-state index contributed by atoms with van der Waals surface area (Å²) < 4.78 is 20.0. The summed E-state index contributed by atoms with van der Waals surface area (Å²) in [5.41, 5.74) is 0.926. The third kappa shape index (κ3) is 3.43. The van der Waals surface area contributed by atoms with Crippen LogP contribution in [0.5, 0.6) is 5.75 Å². The van der Waals surface area contributed by atoms with Gasteiger partial charge in [0.2, 0.25) is 0 Å². The molecule has 144 valence electrons. The molecular weight excluding hydrogens is 363 g/mol. The number of fused-ring (bicyclic) bond motifs is 1. The Hall–Kier alpha value is -3.35. The van der Waals surface area contributed by atoms with E-state index in [4.69, 9.17) is 9.84 Å². The zero-order valence-electron chi connectivity index (χ0n) is 15.0. The average Bonchev–Trinajstić information content (AvgIpc) is 2.71. The van der Waals surface area contributed by atoms with E-state index in [-0.39, 0.29) is 17.0 Å². The third-order valence-corrected chi connectivity index (χ3v) is 5.00. The monoisotopic (exact) mass is 382 g/mol. The molecule has 1 fully saturated rings. The lowest BCUT2D eigenvalue weighted by Crippen LogP contribution is -2.41. The van der Waals surface area contributed by atoms with Crippen molar-refractivity contribution in [1.29, 1.82) is 0 Å². The molecule has 28 heavy (non-hydrogen) atoms. The summed E-state index contributed by atoms with van der Waals surface area (Å²) >= 11 is 0. The lowest BCUT2D eigenvalue weighted by Gasteiger charge is -2.31. The van der Waals surface area contributed by atoms with E-state index in [1.807, 2.05) is 30.3 Å². The summed E-state index contributed by atoms with van der Waals surface area (Å²) in [5, 5.41) is 9.87. The third-order valence-electron chi connectivity index (χ3n) is 5.00. The summed E-state index contributed by atoms with van der Waals surface area (Å²) in [5.74, 6) is -0.0132. The minimum absolute atomic E-state index is 0.197.